The van der Waals surface area contributed by atoms with E-state index < -0.39 is 8.32 Å². The maximum atomic E-state index is 6.54. The van der Waals surface area contributed by atoms with E-state index in [-0.39, 0.29) is 25.6 Å². The molecule has 1 aromatic heterocycles. The van der Waals surface area contributed by atoms with Crippen LogP contribution in [0.3, 0.4) is 0 Å². The van der Waals surface area contributed by atoms with Gasteiger partial charge in [-0.1, -0.05) is 0 Å². The van der Waals surface area contributed by atoms with Crippen LogP contribution >= 0.6 is 0 Å². The summed E-state index contributed by atoms with van der Waals surface area (Å²) in [7, 11) is -0.135. The number of aromatic nitrogens is 1. The summed E-state index contributed by atoms with van der Waals surface area (Å²) < 4.78 is 14.2. The normalized spacial score (nSPS) is 13.5. The Bertz CT molecular complexity index is 919. The first-order valence-corrected chi connectivity index (χ1v) is 14.2. The Morgan fingerprint density at radius 1 is 1.11 bits per heavy atom. The molecule has 0 fully saturated rings. The predicted octanol–water partition coefficient (Wildman–Crippen LogP) is 5.48. The van der Waals surface area contributed by atoms with Crippen LogP contribution in [-0.2, 0) is 4.43 Å². The number of fused-ring (bicyclic) bond motifs is 1. The molecule has 28 heavy (non-hydrogen) atoms. The van der Waals surface area contributed by atoms with Gasteiger partial charge < -0.3 is 0 Å². The molecule has 1 atom stereocenters. The second-order valence-corrected chi connectivity index (χ2v) is 15.5. The Hall–Kier alpha value is -1.59. The van der Waals surface area contributed by atoms with E-state index >= 15 is 0 Å². The summed E-state index contributed by atoms with van der Waals surface area (Å²) in [5.74, 6) is 0.848. The van der Waals surface area contributed by atoms with Crippen LogP contribution < -0.4 is 10.1 Å². The number of hydrogen-bond donors (Lipinski definition) is 1. The van der Waals surface area contributed by atoms with Gasteiger partial charge in [0, 0.05) is 0 Å². The van der Waals surface area contributed by atoms with E-state index in [0.717, 1.165) is 16.0 Å². The molecule has 150 valence electrons. The van der Waals surface area contributed by atoms with E-state index in [4.69, 9.17) is 14.1 Å². The van der Waals surface area contributed by atoms with Crippen molar-refractivity contribution < 1.29 is 9.16 Å². The molecule has 0 unspecified atom stereocenters. The number of hydrogen-bond acceptors (Lipinski definition) is 4. The summed E-state index contributed by atoms with van der Waals surface area (Å²) in [6, 6.07) is 16.8. The Morgan fingerprint density at radius 3 is 2.46 bits per heavy atom. The number of nitrogens with one attached hydrogen (secondary N) is 1. The summed E-state index contributed by atoms with van der Waals surface area (Å²) in [4.78, 5) is 4.83. The van der Waals surface area contributed by atoms with Crippen LogP contribution in [0.1, 0.15) is 32.4 Å². The Labute approximate surface area is 175 Å². The number of benzene rings is 2. The van der Waals surface area contributed by atoms with Crippen molar-refractivity contribution in [3.8, 4) is 5.75 Å². The molecule has 2 aromatic carbocycles. The molecule has 0 aliphatic carbocycles. The van der Waals surface area contributed by atoms with Crippen molar-refractivity contribution in [1.82, 2.24) is 4.98 Å². The third-order valence-electron chi connectivity index (χ3n) is 5.51. The first kappa shape index (κ1) is 21.1. The van der Waals surface area contributed by atoms with Crippen LogP contribution in [-0.4, -0.2) is 41.5 Å². The van der Waals surface area contributed by atoms with Gasteiger partial charge in [0.05, 0.1) is 0 Å². The van der Waals surface area contributed by atoms with Crippen LogP contribution in [0, 0.1) is 0 Å². The van der Waals surface area contributed by atoms with Gasteiger partial charge in [0.25, 0.3) is 0 Å². The summed E-state index contributed by atoms with van der Waals surface area (Å²) in [5.41, 5.74) is 2.24. The van der Waals surface area contributed by atoms with Crippen molar-refractivity contribution in [1.29, 1.82) is 0 Å². The molecular weight excluding hydrogens is 431 g/mol. The first-order chi connectivity index (χ1) is 13.2. The number of anilines is 1. The zero-order valence-electron chi connectivity index (χ0n) is 17.6. The molecule has 0 spiro atoms. The van der Waals surface area contributed by atoms with Gasteiger partial charge in [-0.25, -0.2) is 0 Å². The van der Waals surface area contributed by atoms with E-state index in [9.17, 15) is 0 Å². The molecule has 3 rings (SSSR count). The molecule has 1 heterocycles. The van der Waals surface area contributed by atoms with E-state index in [1.165, 1.54) is 9.82 Å². The second-order valence-electron chi connectivity index (χ2n) is 8.53. The number of rotatable bonds is 7. The van der Waals surface area contributed by atoms with Crippen LogP contribution in [0.5, 0.6) is 5.75 Å². The minimum atomic E-state index is -1.82. The third-order valence-corrected chi connectivity index (χ3v) is 12.0. The first-order valence-electron chi connectivity index (χ1n) is 9.59. The van der Waals surface area contributed by atoms with Crippen LogP contribution in [0.25, 0.3) is 9.78 Å². The fourth-order valence-corrected chi connectivity index (χ4v) is 5.56. The van der Waals surface area contributed by atoms with Crippen molar-refractivity contribution in [3.05, 3.63) is 54.1 Å². The fraction of sp³-hybridized carbons (Fsp3) is 0.409. The molecule has 4 nitrogen and oxygen atoms in total. The fourth-order valence-electron chi connectivity index (χ4n) is 2.66. The van der Waals surface area contributed by atoms with Crippen molar-refractivity contribution in [2.75, 3.05) is 19.0 Å². The topological polar surface area (TPSA) is 43.4 Å². The van der Waals surface area contributed by atoms with Gasteiger partial charge in [-0.3, -0.25) is 0 Å². The van der Waals surface area contributed by atoms with Crippen LogP contribution in [0.4, 0.5) is 4.69 Å². The van der Waals surface area contributed by atoms with Crippen molar-refractivity contribution in [2.24, 2.45) is 0 Å². The second kappa shape index (κ2) is 8.42. The van der Waals surface area contributed by atoms with Crippen molar-refractivity contribution >= 4 is 37.3 Å². The molecule has 3 aromatic rings. The van der Waals surface area contributed by atoms with E-state index in [2.05, 4.69) is 75.6 Å². The van der Waals surface area contributed by atoms with E-state index in [1.807, 2.05) is 12.1 Å². The Kier molecular flexibility index (Phi) is 6.35. The van der Waals surface area contributed by atoms with E-state index in [1.54, 1.807) is 7.11 Å². The molecular formula is C22H30N2O2SeSi. The molecule has 6 heteroatoms. The zero-order valence-corrected chi connectivity index (χ0v) is 20.3. The van der Waals surface area contributed by atoms with Crippen LogP contribution in [0.2, 0.25) is 18.1 Å². The number of ether oxygens (including phenoxy) is 1. The molecule has 0 aliphatic rings. The van der Waals surface area contributed by atoms with Gasteiger partial charge in [-0.15, -0.1) is 0 Å². The Balaban J connectivity index is 1.83. The SMILES string of the molecule is COc1ccc2[se]c(N[C@@H](CO[Si](C)(C)C(C)(C)C)c3ccccc3)nc2c1. The quantitative estimate of drug-likeness (QED) is 0.474. The zero-order chi connectivity index (χ0) is 20.4. The average Bonchev–Trinajstić information content (AvgIpc) is 3.06. The summed E-state index contributed by atoms with van der Waals surface area (Å²) in [5, 5.41) is 3.87. The molecule has 0 amide bonds. The molecule has 0 bridgehead atoms. The third kappa shape index (κ3) is 4.87. The number of methoxy groups -OCH3 is 1. The molecule has 0 saturated heterocycles. The van der Waals surface area contributed by atoms with Crippen LogP contribution in [0.15, 0.2) is 48.5 Å². The maximum absolute atomic E-state index is 6.54. The minimum absolute atomic E-state index is 0.0900. The van der Waals surface area contributed by atoms with E-state index in [0.29, 0.717) is 6.61 Å². The molecule has 0 aliphatic heterocycles. The standard InChI is InChI=1S/C22H30N2O2SeSi/c1-22(2,3)28(5,6)26-15-19(16-10-8-7-9-11-16)24-21-23-18-14-17(25-4)12-13-20(18)27-21/h7-14,19H,15H2,1-6H3,(H,23,24)/t19-/m0/s1. The van der Waals surface area contributed by atoms with Crippen molar-refractivity contribution in [3.63, 3.8) is 0 Å². The van der Waals surface area contributed by atoms with Gasteiger partial charge in [0.1, 0.15) is 0 Å². The Morgan fingerprint density at radius 2 is 1.82 bits per heavy atom. The predicted molar refractivity (Wildman–Crippen MR) is 121 cm³/mol. The van der Waals surface area contributed by atoms with Crippen molar-refractivity contribution in [2.45, 2.75) is 44.9 Å². The summed E-state index contributed by atoms with van der Waals surface area (Å²) in [6.07, 6.45) is 0. The average molecular weight is 462 g/mol. The van der Waals surface area contributed by atoms with Gasteiger partial charge in [0.15, 0.2) is 0 Å². The molecule has 0 radical (unpaired) electrons. The van der Waals surface area contributed by atoms with Gasteiger partial charge >= 0.3 is 175 Å². The number of nitrogens with zero attached hydrogens (tertiary/aromatic N) is 1. The molecule has 1 N–H and O–H groups in total. The summed E-state index contributed by atoms with van der Waals surface area (Å²) in [6.45, 7) is 12.1. The van der Waals surface area contributed by atoms with Gasteiger partial charge in [0.2, 0.25) is 0 Å². The molecule has 0 saturated carbocycles. The van der Waals surface area contributed by atoms with Gasteiger partial charge in [-0.05, 0) is 0 Å². The summed E-state index contributed by atoms with van der Waals surface area (Å²) >= 11 is 0.172. The van der Waals surface area contributed by atoms with Gasteiger partial charge in [-0.2, -0.15) is 0 Å². The monoisotopic (exact) mass is 462 g/mol.